The number of benzene rings is 1. The molecule has 19 heavy (non-hydrogen) atoms. The number of hydrogen-bond acceptors (Lipinski definition) is 4. The van der Waals surface area contributed by atoms with Gasteiger partial charge in [0.25, 0.3) is 0 Å². The molecule has 4 nitrogen and oxygen atoms in total. The van der Waals surface area contributed by atoms with Gasteiger partial charge in [0.15, 0.2) is 5.78 Å². The lowest BCUT2D eigenvalue weighted by Gasteiger charge is -2.12. The molecule has 0 N–H and O–H groups in total. The van der Waals surface area contributed by atoms with E-state index in [1.54, 1.807) is 24.4 Å². The predicted molar refractivity (Wildman–Crippen MR) is 72.0 cm³/mol. The van der Waals surface area contributed by atoms with Gasteiger partial charge in [-0.1, -0.05) is 6.07 Å². The van der Waals surface area contributed by atoms with Crippen LogP contribution in [0.15, 0.2) is 36.5 Å². The Morgan fingerprint density at radius 3 is 2.47 bits per heavy atom. The molecule has 2 rings (SSSR count). The van der Waals surface area contributed by atoms with Crippen LogP contribution in [0, 0.1) is 6.92 Å². The van der Waals surface area contributed by atoms with Crippen molar-refractivity contribution in [1.29, 1.82) is 0 Å². The van der Waals surface area contributed by atoms with Crippen molar-refractivity contribution in [2.24, 2.45) is 0 Å². The van der Waals surface area contributed by atoms with Crippen LogP contribution in [0.2, 0.25) is 0 Å². The highest BCUT2D eigenvalue weighted by Gasteiger charge is 2.15. The summed E-state index contributed by atoms with van der Waals surface area (Å²) in [4.78, 5) is 15.9. The number of Topliss-reactive ketones (excluding diaryl/α,β-unsaturated/α-hetero) is 1. The van der Waals surface area contributed by atoms with Crippen molar-refractivity contribution in [2.75, 3.05) is 7.11 Å². The molecule has 1 aromatic carbocycles. The number of rotatable bonds is 4. The lowest BCUT2D eigenvalue weighted by Crippen LogP contribution is -2.01. The van der Waals surface area contributed by atoms with Crippen LogP contribution in [0.5, 0.6) is 17.2 Å². The normalized spacial score (nSPS) is 10.1. The monoisotopic (exact) mass is 257 g/mol. The first-order chi connectivity index (χ1) is 9.11. The number of aromatic nitrogens is 1. The Kier molecular flexibility index (Phi) is 3.80. The Hall–Kier alpha value is -2.36. The van der Waals surface area contributed by atoms with E-state index in [0.29, 0.717) is 22.8 Å². The molecule has 0 radical (unpaired) electrons. The van der Waals surface area contributed by atoms with Crippen molar-refractivity contribution in [3.63, 3.8) is 0 Å². The SMILES string of the molecule is COc1cccc(Oc2ccc(C)nc2)c1C(C)=O. The molecule has 0 fully saturated rings. The van der Waals surface area contributed by atoms with Crippen LogP contribution in [-0.4, -0.2) is 17.9 Å². The molecule has 0 spiro atoms. The van der Waals surface area contributed by atoms with Gasteiger partial charge in [-0.15, -0.1) is 0 Å². The zero-order valence-corrected chi connectivity index (χ0v) is 11.1. The Labute approximate surface area is 112 Å². The summed E-state index contributed by atoms with van der Waals surface area (Å²) in [6.07, 6.45) is 1.62. The average Bonchev–Trinajstić information content (AvgIpc) is 2.40. The number of methoxy groups -OCH3 is 1. The third-order valence-corrected chi connectivity index (χ3v) is 2.67. The van der Waals surface area contributed by atoms with Gasteiger partial charge in [-0.3, -0.25) is 9.78 Å². The fourth-order valence-electron chi connectivity index (χ4n) is 1.75. The molecule has 0 aliphatic rings. The highest BCUT2D eigenvalue weighted by atomic mass is 16.5. The summed E-state index contributed by atoms with van der Waals surface area (Å²) < 4.78 is 10.9. The van der Waals surface area contributed by atoms with Crippen molar-refractivity contribution >= 4 is 5.78 Å². The summed E-state index contributed by atoms with van der Waals surface area (Å²) in [5.74, 6) is 1.46. The fraction of sp³-hybridized carbons (Fsp3) is 0.200. The molecule has 2 aromatic rings. The number of ketones is 1. The Morgan fingerprint density at radius 1 is 1.16 bits per heavy atom. The Morgan fingerprint density at radius 2 is 1.89 bits per heavy atom. The summed E-state index contributed by atoms with van der Waals surface area (Å²) in [5, 5.41) is 0. The van der Waals surface area contributed by atoms with E-state index in [1.807, 2.05) is 19.1 Å². The summed E-state index contributed by atoms with van der Waals surface area (Å²) in [6.45, 7) is 3.38. The highest BCUT2D eigenvalue weighted by Crippen LogP contribution is 2.32. The van der Waals surface area contributed by atoms with Crippen LogP contribution in [0.4, 0.5) is 0 Å². The van der Waals surface area contributed by atoms with Gasteiger partial charge in [-0.2, -0.15) is 0 Å². The average molecular weight is 257 g/mol. The maximum absolute atomic E-state index is 11.7. The van der Waals surface area contributed by atoms with Gasteiger partial charge in [-0.25, -0.2) is 0 Å². The van der Waals surface area contributed by atoms with Crippen molar-refractivity contribution in [2.45, 2.75) is 13.8 Å². The van der Waals surface area contributed by atoms with E-state index in [9.17, 15) is 4.79 Å². The predicted octanol–water partition coefficient (Wildman–Crippen LogP) is 3.39. The quantitative estimate of drug-likeness (QED) is 0.788. The first-order valence-electron chi connectivity index (χ1n) is 5.90. The van der Waals surface area contributed by atoms with E-state index in [1.165, 1.54) is 14.0 Å². The van der Waals surface area contributed by atoms with Gasteiger partial charge < -0.3 is 9.47 Å². The number of carbonyl (C=O) groups excluding carboxylic acids is 1. The molecular formula is C15H15NO3. The topological polar surface area (TPSA) is 48.4 Å². The van der Waals surface area contributed by atoms with Gasteiger partial charge in [0, 0.05) is 5.69 Å². The molecule has 0 aliphatic heterocycles. The van der Waals surface area contributed by atoms with E-state index >= 15 is 0 Å². The zero-order valence-electron chi connectivity index (χ0n) is 11.1. The molecule has 0 amide bonds. The summed E-state index contributed by atoms with van der Waals surface area (Å²) in [7, 11) is 1.53. The molecular weight excluding hydrogens is 242 g/mol. The number of nitrogens with zero attached hydrogens (tertiary/aromatic N) is 1. The van der Waals surface area contributed by atoms with Gasteiger partial charge in [0.2, 0.25) is 0 Å². The lowest BCUT2D eigenvalue weighted by molar-refractivity contribution is 0.101. The third-order valence-electron chi connectivity index (χ3n) is 2.67. The Bertz CT molecular complexity index is 591. The second-order valence-electron chi connectivity index (χ2n) is 4.13. The minimum atomic E-state index is -0.104. The number of hydrogen-bond donors (Lipinski definition) is 0. The molecule has 1 heterocycles. The molecule has 0 unspecified atom stereocenters. The number of aryl methyl sites for hydroxylation is 1. The summed E-state index contributed by atoms with van der Waals surface area (Å²) in [5.41, 5.74) is 1.34. The third kappa shape index (κ3) is 2.91. The van der Waals surface area contributed by atoms with E-state index < -0.39 is 0 Å². The molecule has 1 aromatic heterocycles. The molecule has 0 saturated heterocycles. The van der Waals surface area contributed by atoms with Crippen LogP contribution >= 0.6 is 0 Å². The maximum atomic E-state index is 11.7. The number of pyridine rings is 1. The zero-order chi connectivity index (χ0) is 13.8. The van der Waals surface area contributed by atoms with Crippen LogP contribution in [0.3, 0.4) is 0 Å². The highest BCUT2D eigenvalue weighted by molar-refractivity contribution is 5.99. The molecule has 0 saturated carbocycles. The molecule has 98 valence electrons. The smallest absolute Gasteiger partial charge is 0.167 e. The number of carbonyl (C=O) groups is 1. The van der Waals surface area contributed by atoms with Gasteiger partial charge in [-0.05, 0) is 38.1 Å². The van der Waals surface area contributed by atoms with Crippen molar-refractivity contribution in [3.8, 4) is 17.2 Å². The first-order valence-corrected chi connectivity index (χ1v) is 5.90. The number of ether oxygens (including phenoxy) is 2. The standard InChI is InChI=1S/C15H15NO3/c1-10-7-8-12(9-16-10)19-14-6-4-5-13(18-3)15(14)11(2)17/h4-9H,1-3H3. The second-order valence-corrected chi connectivity index (χ2v) is 4.13. The van der Waals surface area contributed by atoms with Crippen LogP contribution in [0.25, 0.3) is 0 Å². The summed E-state index contributed by atoms with van der Waals surface area (Å²) in [6, 6.07) is 8.91. The minimum Gasteiger partial charge on any atom is -0.496 e. The molecule has 0 aliphatic carbocycles. The van der Waals surface area contributed by atoms with E-state index in [2.05, 4.69) is 4.98 Å². The van der Waals surface area contributed by atoms with Crippen LogP contribution in [-0.2, 0) is 0 Å². The van der Waals surface area contributed by atoms with Gasteiger partial charge in [0.1, 0.15) is 22.8 Å². The van der Waals surface area contributed by atoms with E-state index in [0.717, 1.165) is 5.69 Å². The summed E-state index contributed by atoms with van der Waals surface area (Å²) >= 11 is 0. The van der Waals surface area contributed by atoms with E-state index in [4.69, 9.17) is 9.47 Å². The molecule has 0 atom stereocenters. The van der Waals surface area contributed by atoms with E-state index in [-0.39, 0.29) is 5.78 Å². The van der Waals surface area contributed by atoms with Gasteiger partial charge >= 0.3 is 0 Å². The minimum absolute atomic E-state index is 0.104. The largest absolute Gasteiger partial charge is 0.496 e. The molecule has 4 heteroatoms. The molecule has 0 bridgehead atoms. The lowest BCUT2D eigenvalue weighted by atomic mass is 10.1. The van der Waals surface area contributed by atoms with Crippen molar-refractivity contribution in [1.82, 2.24) is 4.98 Å². The maximum Gasteiger partial charge on any atom is 0.167 e. The van der Waals surface area contributed by atoms with Gasteiger partial charge in [0.05, 0.1) is 13.3 Å². The van der Waals surface area contributed by atoms with Crippen LogP contribution < -0.4 is 9.47 Å². The second kappa shape index (κ2) is 5.52. The van der Waals surface area contributed by atoms with Crippen molar-refractivity contribution < 1.29 is 14.3 Å². The Balaban J connectivity index is 2.39. The van der Waals surface area contributed by atoms with Crippen LogP contribution in [0.1, 0.15) is 23.0 Å². The van der Waals surface area contributed by atoms with Crippen molar-refractivity contribution in [3.05, 3.63) is 47.8 Å². The first kappa shape index (κ1) is 13.1. The fourth-order valence-corrected chi connectivity index (χ4v) is 1.75.